The van der Waals surface area contributed by atoms with Crippen molar-refractivity contribution < 1.29 is 18.6 Å². The second-order valence-corrected chi connectivity index (χ2v) is 6.10. The first-order valence-electron chi connectivity index (χ1n) is 6.48. The van der Waals surface area contributed by atoms with Crippen LogP contribution < -0.4 is 5.32 Å². The van der Waals surface area contributed by atoms with Crippen LogP contribution in [-0.4, -0.2) is 60.8 Å². The molecule has 0 amide bonds. The standard InChI is InChI=1S/C12H21N3O4S/c1-2-5-13-12-4-3-11(10-14-12)20(18,19)15(6-8-16)7-9-17/h3-4,10,16-17H,2,5-9H2,1H3,(H,13,14). The first kappa shape index (κ1) is 16.8. The zero-order valence-electron chi connectivity index (χ0n) is 11.5. The molecule has 0 unspecified atom stereocenters. The molecular weight excluding hydrogens is 282 g/mol. The topological polar surface area (TPSA) is 103 Å². The molecule has 114 valence electrons. The molecule has 3 N–H and O–H groups in total. The van der Waals surface area contributed by atoms with Gasteiger partial charge < -0.3 is 15.5 Å². The molecule has 0 aliphatic rings. The highest BCUT2D eigenvalue weighted by molar-refractivity contribution is 7.89. The Morgan fingerprint density at radius 1 is 1.25 bits per heavy atom. The van der Waals surface area contributed by atoms with E-state index in [4.69, 9.17) is 10.2 Å². The van der Waals surface area contributed by atoms with E-state index in [1.807, 2.05) is 6.92 Å². The number of nitrogens with zero attached hydrogens (tertiary/aromatic N) is 2. The number of sulfonamides is 1. The Morgan fingerprint density at radius 2 is 1.90 bits per heavy atom. The van der Waals surface area contributed by atoms with E-state index in [9.17, 15) is 8.42 Å². The second-order valence-electron chi connectivity index (χ2n) is 4.16. The van der Waals surface area contributed by atoms with Crippen LogP contribution in [-0.2, 0) is 10.0 Å². The van der Waals surface area contributed by atoms with Crippen LogP contribution in [0, 0.1) is 0 Å². The van der Waals surface area contributed by atoms with Crippen LogP contribution in [0.4, 0.5) is 5.82 Å². The smallest absolute Gasteiger partial charge is 0.244 e. The molecule has 8 heteroatoms. The van der Waals surface area contributed by atoms with Gasteiger partial charge in [0.1, 0.15) is 10.7 Å². The van der Waals surface area contributed by atoms with E-state index >= 15 is 0 Å². The zero-order valence-corrected chi connectivity index (χ0v) is 12.3. The zero-order chi connectivity index (χ0) is 15.0. The lowest BCUT2D eigenvalue weighted by molar-refractivity contribution is 0.217. The highest BCUT2D eigenvalue weighted by Crippen LogP contribution is 2.16. The quantitative estimate of drug-likeness (QED) is 0.588. The van der Waals surface area contributed by atoms with Gasteiger partial charge in [-0.1, -0.05) is 6.92 Å². The average molecular weight is 303 g/mol. The van der Waals surface area contributed by atoms with Crippen molar-refractivity contribution in [3.05, 3.63) is 18.3 Å². The van der Waals surface area contributed by atoms with Gasteiger partial charge in [-0.25, -0.2) is 13.4 Å². The highest BCUT2D eigenvalue weighted by Gasteiger charge is 2.23. The molecule has 7 nitrogen and oxygen atoms in total. The van der Waals surface area contributed by atoms with Crippen molar-refractivity contribution in [1.29, 1.82) is 0 Å². The minimum atomic E-state index is -3.74. The largest absolute Gasteiger partial charge is 0.395 e. The molecule has 0 aliphatic heterocycles. The molecule has 0 aromatic carbocycles. The Kier molecular flexibility index (Phi) is 6.86. The minimum absolute atomic E-state index is 0.0430. The van der Waals surface area contributed by atoms with E-state index in [1.165, 1.54) is 12.3 Å². The number of anilines is 1. The fraction of sp³-hybridized carbons (Fsp3) is 0.583. The third kappa shape index (κ3) is 4.41. The van der Waals surface area contributed by atoms with Gasteiger partial charge in [0, 0.05) is 25.8 Å². The number of aliphatic hydroxyl groups excluding tert-OH is 2. The molecule has 1 rings (SSSR count). The van der Waals surface area contributed by atoms with Crippen LogP contribution in [0.1, 0.15) is 13.3 Å². The summed E-state index contributed by atoms with van der Waals surface area (Å²) in [6, 6.07) is 3.06. The summed E-state index contributed by atoms with van der Waals surface area (Å²) in [7, 11) is -3.74. The molecule has 0 atom stereocenters. The predicted molar refractivity (Wildman–Crippen MR) is 75.9 cm³/mol. The average Bonchev–Trinajstić information content (AvgIpc) is 2.45. The van der Waals surface area contributed by atoms with Gasteiger partial charge >= 0.3 is 0 Å². The monoisotopic (exact) mass is 303 g/mol. The normalized spacial score (nSPS) is 11.8. The van der Waals surface area contributed by atoms with E-state index in [0.717, 1.165) is 17.3 Å². The van der Waals surface area contributed by atoms with Gasteiger partial charge in [-0.2, -0.15) is 4.31 Å². The molecule has 0 spiro atoms. The van der Waals surface area contributed by atoms with Gasteiger partial charge in [-0.3, -0.25) is 0 Å². The summed E-state index contributed by atoms with van der Waals surface area (Å²) in [6.07, 6.45) is 2.22. The van der Waals surface area contributed by atoms with Crippen molar-refractivity contribution in [3.8, 4) is 0 Å². The first-order chi connectivity index (χ1) is 9.56. The van der Waals surface area contributed by atoms with Crippen LogP contribution in [0.15, 0.2) is 23.2 Å². The number of nitrogens with one attached hydrogen (secondary N) is 1. The Hall–Kier alpha value is -1.22. The van der Waals surface area contributed by atoms with Crippen LogP contribution in [0.25, 0.3) is 0 Å². The molecule has 0 saturated carbocycles. The van der Waals surface area contributed by atoms with Crippen molar-refractivity contribution in [1.82, 2.24) is 9.29 Å². The summed E-state index contributed by atoms with van der Waals surface area (Å²) in [6.45, 7) is 2.07. The van der Waals surface area contributed by atoms with E-state index in [2.05, 4.69) is 10.3 Å². The number of hydrogen-bond acceptors (Lipinski definition) is 6. The van der Waals surface area contributed by atoms with E-state index in [1.54, 1.807) is 6.07 Å². The summed E-state index contributed by atoms with van der Waals surface area (Å²) >= 11 is 0. The highest BCUT2D eigenvalue weighted by atomic mass is 32.2. The minimum Gasteiger partial charge on any atom is -0.395 e. The summed E-state index contributed by atoms with van der Waals surface area (Å²) in [4.78, 5) is 4.09. The molecule has 0 bridgehead atoms. The van der Waals surface area contributed by atoms with Crippen molar-refractivity contribution in [2.24, 2.45) is 0 Å². The molecule has 20 heavy (non-hydrogen) atoms. The Bertz CT molecular complexity index is 484. The summed E-state index contributed by atoms with van der Waals surface area (Å²) in [5.41, 5.74) is 0. The molecule has 0 radical (unpaired) electrons. The summed E-state index contributed by atoms with van der Waals surface area (Å²) in [5.74, 6) is 0.613. The summed E-state index contributed by atoms with van der Waals surface area (Å²) < 4.78 is 25.6. The second kappa shape index (κ2) is 8.15. The molecule has 1 aromatic rings. The van der Waals surface area contributed by atoms with Crippen molar-refractivity contribution >= 4 is 15.8 Å². The number of aromatic nitrogens is 1. The molecular formula is C12H21N3O4S. The Morgan fingerprint density at radius 3 is 2.35 bits per heavy atom. The van der Waals surface area contributed by atoms with E-state index in [-0.39, 0.29) is 31.2 Å². The van der Waals surface area contributed by atoms with Crippen LogP contribution in [0.2, 0.25) is 0 Å². The SMILES string of the molecule is CCCNc1ccc(S(=O)(=O)N(CCO)CCO)cn1. The lowest BCUT2D eigenvalue weighted by atomic mass is 10.4. The van der Waals surface area contributed by atoms with Gasteiger partial charge in [0.05, 0.1) is 13.2 Å². The van der Waals surface area contributed by atoms with Crippen LogP contribution >= 0.6 is 0 Å². The van der Waals surface area contributed by atoms with Gasteiger partial charge in [-0.15, -0.1) is 0 Å². The maximum absolute atomic E-state index is 12.3. The van der Waals surface area contributed by atoms with Gasteiger partial charge in [0.15, 0.2) is 0 Å². The van der Waals surface area contributed by atoms with Gasteiger partial charge in [-0.05, 0) is 18.6 Å². The molecule has 0 aliphatic carbocycles. The number of hydrogen-bond donors (Lipinski definition) is 3. The van der Waals surface area contributed by atoms with Crippen LogP contribution in [0.5, 0.6) is 0 Å². The molecule has 0 saturated heterocycles. The third-order valence-corrected chi connectivity index (χ3v) is 4.51. The molecule has 1 aromatic heterocycles. The van der Waals surface area contributed by atoms with E-state index in [0.29, 0.717) is 5.82 Å². The Balaban J connectivity index is 2.90. The van der Waals surface area contributed by atoms with Crippen molar-refractivity contribution in [2.45, 2.75) is 18.2 Å². The molecule has 0 fully saturated rings. The lowest BCUT2D eigenvalue weighted by Gasteiger charge is -2.20. The van der Waals surface area contributed by atoms with E-state index < -0.39 is 10.0 Å². The number of aliphatic hydroxyl groups is 2. The van der Waals surface area contributed by atoms with Crippen molar-refractivity contribution in [2.75, 3.05) is 38.2 Å². The lowest BCUT2D eigenvalue weighted by Crippen LogP contribution is -2.35. The maximum Gasteiger partial charge on any atom is 0.244 e. The van der Waals surface area contributed by atoms with Crippen molar-refractivity contribution in [3.63, 3.8) is 0 Å². The number of pyridine rings is 1. The maximum atomic E-state index is 12.3. The Labute approximate surface area is 119 Å². The van der Waals surface area contributed by atoms with Crippen LogP contribution in [0.3, 0.4) is 0 Å². The molecule has 1 heterocycles. The number of rotatable bonds is 9. The van der Waals surface area contributed by atoms with Gasteiger partial charge in [0.25, 0.3) is 0 Å². The fourth-order valence-electron chi connectivity index (χ4n) is 1.61. The first-order valence-corrected chi connectivity index (χ1v) is 7.92. The van der Waals surface area contributed by atoms with Gasteiger partial charge in [0.2, 0.25) is 10.0 Å². The third-order valence-electron chi connectivity index (χ3n) is 2.63. The predicted octanol–water partition coefficient (Wildman–Crippen LogP) is -0.121. The fourth-order valence-corrected chi connectivity index (χ4v) is 2.98. The summed E-state index contributed by atoms with van der Waals surface area (Å²) in [5, 5.41) is 20.9.